The molecule has 0 saturated carbocycles. The SMILES string of the molecule is CCC(C)CCCCCCCCCCS. The average Bonchev–Trinajstić information content (AvgIpc) is 2.26. The van der Waals surface area contributed by atoms with E-state index >= 15 is 0 Å². The first-order valence-corrected chi connectivity index (χ1v) is 7.55. The van der Waals surface area contributed by atoms with Crippen molar-refractivity contribution >= 4 is 12.6 Å². The van der Waals surface area contributed by atoms with Crippen LogP contribution in [0.5, 0.6) is 0 Å². The van der Waals surface area contributed by atoms with Gasteiger partial charge in [0.15, 0.2) is 0 Å². The number of unbranched alkanes of at least 4 members (excludes halogenated alkanes) is 7. The molecule has 0 N–H and O–H groups in total. The molecule has 0 spiro atoms. The van der Waals surface area contributed by atoms with Crippen LogP contribution in [0.4, 0.5) is 0 Å². The van der Waals surface area contributed by atoms with E-state index < -0.39 is 0 Å². The van der Waals surface area contributed by atoms with Crippen molar-refractivity contribution in [1.29, 1.82) is 0 Å². The van der Waals surface area contributed by atoms with Crippen LogP contribution in [0, 0.1) is 5.92 Å². The third-order valence-electron chi connectivity index (χ3n) is 3.30. The van der Waals surface area contributed by atoms with Crippen molar-refractivity contribution < 1.29 is 0 Å². The minimum atomic E-state index is 0.945. The fourth-order valence-corrected chi connectivity index (χ4v) is 2.09. The molecule has 0 aliphatic rings. The zero-order chi connectivity index (χ0) is 11.4. The van der Waals surface area contributed by atoms with Gasteiger partial charge in [0.2, 0.25) is 0 Å². The van der Waals surface area contributed by atoms with Gasteiger partial charge >= 0.3 is 0 Å². The van der Waals surface area contributed by atoms with Crippen molar-refractivity contribution in [1.82, 2.24) is 0 Å². The van der Waals surface area contributed by atoms with Gasteiger partial charge in [-0.25, -0.2) is 0 Å². The van der Waals surface area contributed by atoms with E-state index in [1.807, 2.05) is 0 Å². The van der Waals surface area contributed by atoms with Crippen molar-refractivity contribution in [2.45, 2.75) is 78.1 Å². The Morgan fingerprint density at radius 2 is 1.27 bits per heavy atom. The number of thiol groups is 1. The van der Waals surface area contributed by atoms with Crippen LogP contribution in [0.25, 0.3) is 0 Å². The van der Waals surface area contributed by atoms with E-state index in [0.717, 1.165) is 11.7 Å². The van der Waals surface area contributed by atoms with Crippen LogP contribution in [0.15, 0.2) is 0 Å². The highest BCUT2D eigenvalue weighted by Gasteiger charge is 1.97. The van der Waals surface area contributed by atoms with E-state index in [1.165, 1.54) is 64.2 Å². The summed E-state index contributed by atoms with van der Waals surface area (Å²) in [6, 6.07) is 0. The Hall–Kier alpha value is 0.350. The molecule has 92 valence electrons. The summed E-state index contributed by atoms with van der Waals surface area (Å²) in [5.74, 6) is 2.01. The Morgan fingerprint density at radius 1 is 0.800 bits per heavy atom. The molecular weight excluding hydrogens is 200 g/mol. The first-order chi connectivity index (χ1) is 7.31. The highest BCUT2D eigenvalue weighted by Crippen LogP contribution is 2.14. The van der Waals surface area contributed by atoms with Crippen LogP contribution in [-0.4, -0.2) is 5.75 Å². The molecule has 0 aliphatic heterocycles. The molecule has 0 rings (SSSR count). The largest absolute Gasteiger partial charge is 0.179 e. The Labute approximate surface area is 103 Å². The van der Waals surface area contributed by atoms with Crippen LogP contribution in [-0.2, 0) is 0 Å². The smallest absolute Gasteiger partial charge is 0.00979 e. The lowest BCUT2D eigenvalue weighted by molar-refractivity contribution is 0.470. The molecular formula is C14H30S. The van der Waals surface area contributed by atoms with Gasteiger partial charge in [-0.15, -0.1) is 0 Å². The molecule has 1 atom stereocenters. The van der Waals surface area contributed by atoms with Crippen LogP contribution >= 0.6 is 12.6 Å². The monoisotopic (exact) mass is 230 g/mol. The molecule has 15 heavy (non-hydrogen) atoms. The lowest BCUT2D eigenvalue weighted by atomic mass is 10.00. The van der Waals surface area contributed by atoms with Gasteiger partial charge in [-0.1, -0.05) is 71.6 Å². The van der Waals surface area contributed by atoms with Gasteiger partial charge in [-0.2, -0.15) is 12.6 Å². The maximum Gasteiger partial charge on any atom is -0.00979 e. The normalized spacial score (nSPS) is 13.0. The molecule has 1 unspecified atom stereocenters. The zero-order valence-corrected chi connectivity index (χ0v) is 11.7. The van der Waals surface area contributed by atoms with Gasteiger partial charge < -0.3 is 0 Å². The minimum Gasteiger partial charge on any atom is -0.179 e. The van der Waals surface area contributed by atoms with Crippen molar-refractivity contribution in [3.05, 3.63) is 0 Å². The summed E-state index contributed by atoms with van der Waals surface area (Å²) >= 11 is 4.22. The minimum absolute atomic E-state index is 0.945. The van der Waals surface area contributed by atoms with E-state index in [1.54, 1.807) is 0 Å². The Balaban J connectivity index is 2.92. The standard InChI is InChI=1S/C14H30S/c1-3-14(2)12-10-8-6-4-5-7-9-11-13-15/h14-15H,3-13H2,1-2H3. The molecule has 0 nitrogen and oxygen atoms in total. The van der Waals surface area contributed by atoms with Crippen LogP contribution in [0.2, 0.25) is 0 Å². The topological polar surface area (TPSA) is 0 Å². The van der Waals surface area contributed by atoms with Crippen molar-refractivity contribution in [3.8, 4) is 0 Å². The fraction of sp³-hybridized carbons (Fsp3) is 1.00. The molecule has 0 aromatic heterocycles. The Kier molecular flexibility index (Phi) is 12.7. The quantitative estimate of drug-likeness (QED) is 0.353. The molecule has 0 radical (unpaired) electrons. The molecule has 0 fully saturated rings. The second-order valence-corrected chi connectivity index (χ2v) is 5.30. The van der Waals surface area contributed by atoms with Gasteiger partial charge in [0.05, 0.1) is 0 Å². The van der Waals surface area contributed by atoms with Gasteiger partial charge in [-0.05, 0) is 18.1 Å². The summed E-state index contributed by atoms with van der Waals surface area (Å²) in [5, 5.41) is 0. The molecule has 0 bridgehead atoms. The van der Waals surface area contributed by atoms with E-state index in [-0.39, 0.29) is 0 Å². The van der Waals surface area contributed by atoms with Gasteiger partial charge in [-0.3, -0.25) is 0 Å². The summed E-state index contributed by atoms with van der Waals surface area (Å²) in [6.07, 6.45) is 14.2. The Bertz CT molecular complexity index is 112. The van der Waals surface area contributed by atoms with E-state index in [0.29, 0.717) is 0 Å². The predicted molar refractivity (Wildman–Crippen MR) is 74.9 cm³/mol. The van der Waals surface area contributed by atoms with Crippen molar-refractivity contribution in [2.75, 3.05) is 5.75 Å². The predicted octanol–water partition coefficient (Wildman–Crippen LogP) is 5.47. The zero-order valence-electron chi connectivity index (χ0n) is 10.8. The molecule has 0 aromatic rings. The number of hydrogen-bond acceptors (Lipinski definition) is 1. The maximum atomic E-state index is 4.22. The molecule has 0 aliphatic carbocycles. The summed E-state index contributed by atoms with van der Waals surface area (Å²) in [7, 11) is 0. The first kappa shape index (κ1) is 15.3. The van der Waals surface area contributed by atoms with Crippen molar-refractivity contribution in [2.24, 2.45) is 5.92 Å². The van der Waals surface area contributed by atoms with Gasteiger partial charge in [0, 0.05) is 0 Å². The van der Waals surface area contributed by atoms with E-state index in [2.05, 4.69) is 26.5 Å². The Morgan fingerprint density at radius 3 is 1.73 bits per heavy atom. The molecule has 0 aromatic carbocycles. The number of hydrogen-bond donors (Lipinski definition) is 1. The van der Waals surface area contributed by atoms with E-state index in [4.69, 9.17) is 0 Å². The lowest BCUT2D eigenvalue weighted by Crippen LogP contribution is -1.91. The highest BCUT2D eigenvalue weighted by atomic mass is 32.1. The molecule has 0 saturated heterocycles. The van der Waals surface area contributed by atoms with Crippen molar-refractivity contribution in [3.63, 3.8) is 0 Å². The summed E-state index contributed by atoms with van der Waals surface area (Å²) < 4.78 is 0. The average molecular weight is 230 g/mol. The number of rotatable bonds is 11. The van der Waals surface area contributed by atoms with Crippen LogP contribution < -0.4 is 0 Å². The van der Waals surface area contributed by atoms with Crippen LogP contribution in [0.1, 0.15) is 78.1 Å². The van der Waals surface area contributed by atoms with Gasteiger partial charge in [0.25, 0.3) is 0 Å². The van der Waals surface area contributed by atoms with E-state index in [9.17, 15) is 0 Å². The maximum absolute atomic E-state index is 4.22. The molecule has 0 heterocycles. The second-order valence-electron chi connectivity index (χ2n) is 4.85. The first-order valence-electron chi connectivity index (χ1n) is 6.92. The fourth-order valence-electron chi connectivity index (χ4n) is 1.87. The molecule has 1 heteroatoms. The lowest BCUT2D eigenvalue weighted by Gasteiger charge is -2.07. The third-order valence-corrected chi connectivity index (χ3v) is 3.62. The summed E-state index contributed by atoms with van der Waals surface area (Å²) in [4.78, 5) is 0. The summed E-state index contributed by atoms with van der Waals surface area (Å²) in [5.41, 5.74) is 0. The highest BCUT2D eigenvalue weighted by molar-refractivity contribution is 7.80. The van der Waals surface area contributed by atoms with Crippen LogP contribution in [0.3, 0.4) is 0 Å². The summed E-state index contributed by atoms with van der Waals surface area (Å²) in [6.45, 7) is 4.67. The third kappa shape index (κ3) is 12.3. The molecule has 0 amide bonds. The second kappa shape index (κ2) is 12.4. The van der Waals surface area contributed by atoms with Gasteiger partial charge in [0.1, 0.15) is 0 Å².